The number of hydrogen-bond donors (Lipinski definition) is 0. The molecule has 0 bridgehead atoms. The molecule has 0 aliphatic rings. The molecule has 0 unspecified atom stereocenters. The van der Waals surface area contributed by atoms with Gasteiger partial charge >= 0.3 is 0 Å². The van der Waals surface area contributed by atoms with Gasteiger partial charge in [-0.1, -0.05) is 36.4 Å². The number of aryl methyl sites for hydroxylation is 2. The van der Waals surface area contributed by atoms with Crippen LogP contribution < -0.4 is 0 Å². The van der Waals surface area contributed by atoms with Gasteiger partial charge in [0.1, 0.15) is 11.6 Å². The quantitative estimate of drug-likeness (QED) is 0.491. The second-order valence-electron chi connectivity index (χ2n) is 5.74. The molecule has 0 radical (unpaired) electrons. The average molecular weight is 330 g/mol. The average Bonchev–Trinajstić information content (AvgIpc) is 2.53. The Morgan fingerprint density at radius 3 is 1.79 bits per heavy atom. The molecule has 0 heterocycles. The third-order valence-electron chi connectivity index (χ3n) is 3.97. The normalized spacial score (nSPS) is 10.9. The molecule has 3 aromatic carbocycles. The van der Waals surface area contributed by atoms with Gasteiger partial charge in [0.15, 0.2) is 11.6 Å². The van der Waals surface area contributed by atoms with Crippen LogP contribution in [0.1, 0.15) is 11.1 Å². The Balaban J connectivity index is 2.10. The molecular formula is C20H14F4. The number of halogens is 4. The van der Waals surface area contributed by atoms with E-state index in [1.807, 2.05) is 0 Å². The predicted octanol–water partition coefficient (Wildman–Crippen LogP) is 6.19. The van der Waals surface area contributed by atoms with E-state index in [0.29, 0.717) is 0 Å². The third kappa shape index (κ3) is 2.80. The summed E-state index contributed by atoms with van der Waals surface area (Å²) in [5.41, 5.74) is 1.26. The third-order valence-corrected chi connectivity index (χ3v) is 3.97. The second kappa shape index (κ2) is 6.11. The van der Waals surface area contributed by atoms with Crippen molar-refractivity contribution in [2.45, 2.75) is 13.8 Å². The van der Waals surface area contributed by atoms with Crippen molar-refractivity contribution in [3.8, 4) is 22.3 Å². The summed E-state index contributed by atoms with van der Waals surface area (Å²) >= 11 is 0. The molecule has 4 heteroatoms. The van der Waals surface area contributed by atoms with Crippen LogP contribution in [0, 0.1) is 37.1 Å². The van der Waals surface area contributed by atoms with Crippen LogP contribution >= 0.6 is 0 Å². The Bertz CT molecular complexity index is 929. The highest BCUT2D eigenvalue weighted by atomic mass is 19.2. The van der Waals surface area contributed by atoms with Crippen LogP contribution in [0.5, 0.6) is 0 Å². The van der Waals surface area contributed by atoms with Gasteiger partial charge in [-0.05, 0) is 42.7 Å². The smallest absolute Gasteiger partial charge is 0.166 e. The molecule has 0 aromatic heterocycles. The Kier molecular flexibility index (Phi) is 4.14. The topological polar surface area (TPSA) is 0 Å². The second-order valence-corrected chi connectivity index (χ2v) is 5.74. The molecule has 0 aliphatic carbocycles. The minimum atomic E-state index is -1.02. The Hall–Kier alpha value is -2.62. The zero-order valence-electron chi connectivity index (χ0n) is 13.1. The first-order valence-corrected chi connectivity index (χ1v) is 7.39. The molecule has 0 spiro atoms. The zero-order chi connectivity index (χ0) is 17.4. The number of benzene rings is 3. The minimum absolute atomic E-state index is 0.0343. The van der Waals surface area contributed by atoms with Gasteiger partial charge in [0.2, 0.25) is 0 Å². The lowest BCUT2D eigenvalue weighted by atomic mass is 9.97. The van der Waals surface area contributed by atoms with Crippen molar-refractivity contribution in [1.82, 2.24) is 0 Å². The maximum atomic E-state index is 14.4. The fourth-order valence-corrected chi connectivity index (χ4v) is 2.61. The van der Waals surface area contributed by atoms with E-state index in [1.54, 1.807) is 13.0 Å². The van der Waals surface area contributed by atoms with E-state index in [1.165, 1.54) is 43.3 Å². The maximum absolute atomic E-state index is 14.4. The highest BCUT2D eigenvalue weighted by Gasteiger charge is 2.16. The maximum Gasteiger partial charge on any atom is 0.166 e. The van der Waals surface area contributed by atoms with Gasteiger partial charge in [-0.2, -0.15) is 0 Å². The van der Waals surface area contributed by atoms with E-state index in [0.717, 1.165) is 11.6 Å². The molecule has 0 saturated heterocycles. The van der Waals surface area contributed by atoms with Crippen LogP contribution in [-0.4, -0.2) is 0 Å². The molecule has 0 saturated carbocycles. The van der Waals surface area contributed by atoms with Gasteiger partial charge in [0.05, 0.1) is 0 Å². The molecule has 0 amide bonds. The molecule has 0 N–H and O–H groups in total. The van der Waals surface area contributed by atoms with Crippen LogP contribution in [-0.2, 0) is 0 Å². The summed E-state index contributed by atoms with van der Waals surface area (Å²) in [7, 11) is 0. The van der Waals surface area contributed by atoms with Gasteiger partial charge in [0, 0.05) is 16.7 Å². The summed E-state index contributed by atoms with van der Waals surface area (Å²) in [4.78, 5) is 0. The Morgan fingerprint density at radius 2 is 1.17 bits per heavy atom. The van der Waals surface area contributed by atoms with Crippen LogP contribution in [0.2, 0.25) is 0 Å². The molecule has 122 valence electrons. The summed E-state index contributed by atoms with van der Waals surface area (Å²) in [5.74, 6) is -3.21. The van der Waals surface area contributed by atoms with E-state index < -0.39 is 23.3 Å². The molecular weight excluding hydrogens is 316 g/mol. The van der Waals surface area contributed by atoms with Gasteiger partial charge in [-0.15, -0.1) is 0 Å². The standard InChI is InChI=1S/C20H14F4/c1-11-3-6-15(17(21)9-11)16-8-5-13(10-18(16)22)14-7-4-12(2)19(23)20(14)24/h3-10H,1-2H3. The Labute approximate surface area is 137 Å². The first kappa shape index (κ1) is 16.2. The predicted molar refractivity (Wildman–Crippen MR) is 86.6 cm³/mol. The summed E-state index contributed by atoms with van der Waals surface area (Å²) in [6.45, 7) is 3.19. The van der Waals surface area contributed by atoms with Crippen LogP contribution in [0.25, 0.3) is 22.3 Å². The summed E-state index contributed by atoms with van der Waals surface area (Å²) in [6.07, 6.45) is 0. The van der Waals surface area contributed by atoms with Gasteiger partial charge in [-0.3, -0.25) is 0 Å². The van der Waals surface area contributed by atoms with Crippen LogP contribution in [0.4, 0.5) is 17.6 Å². The summed E-state index contributed by atoms with van der Waals surface area (Å²) in [5, 5.41) is 0. The lowest BCUT2D eigenvalue weighted by Crippen LogP contribution is -1.95. The van der Waals surface area contributed by atoms with Gasteiger partial charge < -0.3 is 0 Å². The largest absolute Gasteiger partial charge is 0.206 e. The van der Waals surface area contributed by atoms with Crippen molar-refractivity contribution < 1.29 is 17.6 Å². The summed E-state index contributed by atoms with van der Waals surface area (Å²) < 4.78 is 56.2. The Morgan fingerprint density at radius 1 is 0.583 bits per heavy atom. The molecule has 0 fully saturated rings. The first-order chi connectivity index (χ1) is 11.4. The van der Waals surface area contributed by atoms with Crippen molar-refractivity contribution in [2.24, 2.45) is 0 Å². The molecule has 0 aliphatic heterocycles. The zero-order valence-corrected chi connectivity index (χ0v) is 13.1. The lowest BCUT2D eigenvalue weighted by molar-refractivity contribution is 0.505. The molecule has 3 rings (SSSR count). The van der Waals surface area contributed by atoms with Crippen LogP contribution in [0.15, 0.2) is 48.5 Å². The SMILES string of the molecule is Cc1ccc(-c2ccc(-c3ccc(C)c(F)c3F)cc2F)c(F)c1. The fraction of sp³-hybridized carbons (Fsp3) is 0.100. The number of rotatable bonds is 2. The van der Waals surface area contributed by atoms with Gasteiger partial charge in [0.25, 0.3) is 0 Å². The van der Waals surface area contributed by atoms with Crippen LogP contribution in [0.3, 0.4) is 0 Å². The van der Waals surface area contributed by atoms with E-state index in [2.05, 4.69) is 0 Å². The molecule has 3 aromatic rings. The molecule has 0 atom stereocenters. The van der Waals surface area contributed by atoms with E-state index in [9.17, 15) is 17.6 Å². The van der Waals surface area contributed by atoms with Crippen molar-refractivity contribution in [1.29, 1.82) is 0 Å². The molecule has 0 nitrogen and oxygen atoms in total. The van der Waals surface area contributed by atoms with E-state index in [-0.39, 0.29) is 27.8 Å². The molecule has 24 heavy (non-hydrogen) atoms. The summed E-state index contributed by atoms with van der Waals surface area (Å²) in [6, 6.07) is 11.2. The van der Waals surface area contributed by atoms with Crippen molar-refractivity contribution in [3.05, 3.63) is 82.9 Å². The monoisotopic (exact) mass is 330 g/mol. The van der Waals surface area contributed by atoms with Gasteiger partial charge in [-0.25, -0.2) is 17.6 Å². The number of hydrogen-bond acceptors (Lipinski definition) is 0. The van der Waals surface area contributed by atoms with E-state index in [4.69, 9.17) is 0 Å². The minimum Gasteiger partial charge on any atom is -0.206 e. The van der Waals surface area contributed by atoms with Crippen molar-refractivity contribution in [2.75, 3.05) is 0 Å². The highest BCUT2D eigenvalue weighted by molar-refractivity contribution is 5.72. The lowest BCUT2D eigenvalue weighted by Gasteiger charge is -2.10. The van der Waals surface area contributed by atoms with E-state index >= 15 is 0 Å². The highest BCUT2D eigenvalue weighted by Crippen LogP contribution is 2.32. The fourth-order valence-electron chi connectivity index (χ4n) is 2.61. The van der Waals surface area contributed by atoms with Crippen molar-refractivity contribution in [3.63, 3.8) is 0 Å². The van der Waals surface area contributed by atoms with Crippen molar-refractivity contribution >= 4 is 0 Å². The first-order valence-electron chi connectivity index (χ1n) is 7.39.